The largest absolute Gasteiger partial charge is 0.497 e. The molecule has 0 spiro atoms. The van der Waals surface area contributed by atoms with Gasteiger partial charge in [0.1, 0.15) is 5.75 Å². The number of aliphatic hydroxyl groups is 1. The van der Waals surface area contributed by atoms with E-state index in [0.717, 1.165) is 18.1 Å². The molecule has 2 nitrogen and oxygen atoms in total. The number of aliphatic hydroxyl groups excluding tert-OH is 1. The van der Waals surface area contributed by atoms with Gasteiger partial charge in [-0.05, 0) is 84.5 Å². The first-order chi connectivity index (χ1) is 11.1. The first-order valence-corrected chi connectivity index (χ1v) is 9.43. The standard InChI is InChI=1S/C21H30O2/c1-4-13-12-19-18-7-5-14-11-15(23-3)6-8-16(14)17(18)9-10-21(19,2)20(13)22/h6,8,11,13,17-20,22H,4-5,7,9-10,12H2,1-3H3/t13-,17-,18-,19+,20+,21+/m1/s1. The maximum absolute atomic E-state index is 10.9. The fourth-order valence-electron chi connectivity index (χ4n) is 6.23. The number of fused-ring (bicyclic) bond motifs is 5. The van der Waals surface area contributed by atoms with E-state index in [1.807, 2.05) is 0 Å². The van der Waals surface area contributed by atoms with E-state index in [9.17, 15) is 5.11 Å². The Bertz CT molecular complexity index is 596. The van der Waals surface area contributed by atoms with Gasteiger partial charge in [-0.1, -0.05) is 26.3 Å². The summed E-state index contributed by atoms with van der Waals surface area (Å²) < 4.78 is 5.41. The molecule has 0 heterocycles. The number of benzene rings is 1. The van der Waals surface area contributed by atoms with E-state index in [1.165, 1.54) is 37.7 Å². The van der Waals surface area contributed by atoms with Crippen LogP contribution in [0.3, 0.4) is 0 Å². The molecule has 2 fully saturated rings. The van der Waals surface area contributed by atoms with Gasteiger partial charge in [-0.3, -0.25) is 0 Å². The SMILES string of the molecule is CC[C@@H]1C[C@H]2[C@@H]3CCc4cc(OC)ccc4[C@H]3CC[C@]2(C)[C@H]1O. The maximum atomic E-state index is 10.9. The molecule has 1 aromatic rings. The Hall–Kier alpha value is -1.02. The Morgan fingerprint density at radius 2 is 2.13 bits per heavy atom. The van der Waals surface area contributed by atoms with Crippen molar-refractivity contribution in [1.29, 1.82) is 0 Å². The Morgan fingerprint density at radius 1 is 1.30 bits per heavy atom. The zero-order valence-electron chi connectivity index (χ0n) is 14.7. The number of rotatable bonds is 2. The van der Waals surface area contributed by atoms with Crippen LogP contribution in [0, 0.1) is 23.2 Å². The van der Waals surface area contributed by atoms with E-state index in [2.05, 4.69) is 32.0 Å². The molecule has 2 saturated carbocycles. The highest BCUT2D eigenvalue weighted by Crippen LogP contribution is 2.62. The first kappa shape index (κ1) is 15.5. The lowest BCUT2D eigenvalue weighted by molar-refractivity contribution is -0.0329. The van der Waals surface area contributed by atoms with Gasteiger partial charge in [-0.25, -0.2) is 0 Å². The number of methoxy groups -OCH3 is 1. The topological polar surface area (TPSA) is 29.5 Å². The monoisotopic (exact) mass is 314 g/mol. The second kappa shape index (κ2) is 5.51. The predicted molar refractivity (Wildman–Crippen MR) is 92.8 cm³/mol. The summed E-state index contributed by atoms with van der Waals surface area (Å²) in [7, 11) is 1.75. The summed E-state index contributed by atoms with van der Waals surface area (Å²) in [4.78, 5) is 0. The van der Waals surface area contributed by atoms with Crippen LogP contribution in [0.1, 0.15) is 63.0 Å². The second-order valence-corrected chi connectivity index (χ2v) is 8.37. The van der Waals surface area contributed by atoms with E-state index in [-0.39, 0.29) is 11.5 Å². The molecule has 0 amide bonds. The van der Waals surface area contributed by atoms with Crippen LogP contribution in [0.5, 0.6) is 5.75 Å². The number of ether oxygens (including phenoxy) is 1. The van der Waals surface area contributed by atoms with Crippen LogP contribution < -0.4 is 4.74 Å². The fraction of sp³-hybridized carbons (Fsp3) is 0.714. The van der Waals surface area contributed by atoms with Crippen molar-refractivity contribution >= 4 is 0 Å². The summed E-state index contributed by atoms with van der Waals surface area (Å²) in [5.41, 5.74) is 3.23. The molecule has 1 N–H and O–H groups in total. The van der Waals surface area contributed by atoms with Crippen LogP contribution in [0.4, 0.5) is 0 Å². The maximum Gasteiger partial charge on any atom is 0.119 e. The molecule has 23 heavy (non-hydrogen) atoms. The van der Waals surface area contributed by atoms with Gasteiger partial charge in [-0.15, -0.1) is 0 Å². The third kappa shape index (κ3) is 2.17. The van der Waals surface area contributed by atoms with Crippen molar-refractivity contribution < 1.29 is 9.84 Å². The van der Waals surface area contributed by atoms with E-state index < -0.39 is 0 Å². The third-order valence-corrected chi connectivity index (χ3v) is 7.57. The molecule has 0 bridgehead atoms. The van der Waals surface area contributed by atoms with Crippen molar-refractivity contribution in [3.8, 4) is 5.75 Å². The van der Waals surface area contributed by atoms with Crippen LogP contribution in [-0.4, -0.2) is 18.3 Å². The van der Waals surface area contributed by atoms with Gasteiger partial charge in [0.15, 0.2) is 0 Å². The molecule has 0 unspecified atom stereocenters. The molecular weight excluding hydrogens is 284 g/mol. The normalized spacial score (nSPS) is 41.8. The average Bonchev–Trinajstić information content (AvgIpc) is 2.85. The van der Waals surface area contributed by atoms with E-state index >= 15 is 0 Å². The summed E-state index contributed by atoms with van der Waals surface area (Å²) >= 11 is 0. The molecule has 0 aliphatic heterocycles. The summed E-state index contributed by atoms with van der Waals surface area (Å²) in [6.07, 6.45) is 7.16. The molecule has 0 aromatic heterocycles. The van der Waals surface area contributed by atoms with Crippen LogP contribution in [0.15, 0.2) is 18.2 Å². The molecule has 4 rings (SSSR count). The van der Waals surface area contributed by atoms with Gasteiger partial charge in [0.25, 0.3) is 0 Å². The Balaban J connectivity index is 1.67. The fourth-order valence-corrected chi connectivity index (χ4v) is 6.23. The highest BCUT2D eigenvalue weighted by atomic mass is 16.5. The lowest BCUT2D eigenvalue weighted by atomic mass is 9.55. The Morgan fingerprint density at radius 3 is 2.87 bits per heavy atom. The quantitative estimate of drug-likeness (QED) is 0.868. The molecule has 1 aromatic carbocycles. The minimum atomic E-state index is -0.0873. The van der Waals surface area contributed by atoms with Crippen molar-refractivity contribution in [2.24, 2.45) is 23.2 Å². The second-order valence-electron chi connectivity index (χ2n) is 8.37. The zero-order chi connectivity index (χ0) is 16.2. The Kier molecular flexibility index (Phi) is 3.72. The summed E-state index contributed by atoms with van der Waals surface area (Å²) in [5.74, 6) is 3.68. The number of hydrogen-bond donors (Lipinski definition) is 1. The highest BCUT2D eigenvalue weighted by Gasteiger charge is 2.57. The van der Waals surface area contributed by atoms with Gasteiger partial charge in [-0.2, -0.15) is 0 Å². The van der Waals surface area contributed by atoms with Gasteiger partial charge < -0.3 is 9.84 Å². The van der Waals surface area contributed by atoms with E-state index in [1.54, 1.807) is 12.7 Å². The van der Waals surface area contributed by atoms with Crippen LogP contribution >= 0.6 is 0 Å². The minimum Gasteiger partial charge on any atom is -0.497 e. The van der Waals surface area contributed by atoms with Crippen LogP contribution in [0.2, 0.25) is 0 Å². The highest BCUT2D eigenvalue weighted by molar-refractivity contribution is 5.40. The molecule has 2 heteroatoms. The van der Waals surface area contributed by atoms with Crippen molar-refractivity contribution in [2.45, 2.75) is 64.4 Å². The molecule has 3 aliphatic rings. The van der Waals surface area contributed by atoms with Crippen molar-refractivity contribution in [3.63, 3.8) is 0 Å². The summed E-state index contributed by atoms with van der Waals surface area (Å²) in [6, 6.07) is 6.70. The number of hydrogen-bond acceptors (Lipinski definition) is 2. The van der Waals surface area contributed by atoms with Crippen molar-refractivity contribution in [3.05, 3.63) is 29.3 Å². The van der Waals surface area contributed by atoms with Crippen LogP contribution in [0.25, 0.3) is 0 Å². The molecular formula is C21H30O2. The molecule has 126 valence electrons. The third-order valence-electron chi connectivity index (χ3n) is 7.57. The Labute approximate surface area is 140 Å². The molecule has 6 atom stereocenters. The lowest BCUT2D eigenvalue weighted by Gasteiger charge is -2.50. The molecule has 0 saturated heterocycles. The zero-order valence-corrected chi connectivity index (χ0v) is 14.7. The van der Waals surface area contributed by atoms with Gasteiger partial charge in [0, 0.05) is 0 Å². The number of aryl methyl sites for hydroxylation is 1. The first-order valence-electron chi connectivity index (χ1n) is 9.43. The molecule has 3 aliphatic carbocycles. The van der Waals surface area contributed by atoms with E-state index in [0.29, 0.717) is 17.8 Å². The van der Waals surface area contributed by atoms with Crippen molar-refractivity contribution in [1.82, 2.24) is 0 Å². The van der Waals surface area contributed by atoms with Crippen molar-refractivity contribution in [2.75, 3.05) is 7.11 Å². The van der Waals surface area contributed by atoms with Gasteiger partial charge in [0.2, 0.25) is 0 Å². The van der Waals surface area contributed by atoms with E-state index in [4.69, 9.17) is 4.74 Å². The minimum absolute atomic E-state index is 0.0873. The van der Waals surface area contributed by atoms with Crippen LogP contribution in [-0.2, 0) is 6.42 Å². The lowest BCUT2D eigenvalue weighted by Crippen LogP contribution is -2.44. The predicted octanol–water partition coefficient (Wildman–Crippen LogP) is 4.55. The van der Waals surface area contributed by atoms with Gasteiger partial charge in [0.05, 0.1) is 13.2 Å². The average molecular weight is 314 g/mol. The summed E-state index contributed by atoms with van der Waals surface area (Å²) in [5, 5.41) is 10.9. The van der Waals surface area contributed by atoms with Gasteiger partial charge >= 0.3 is 0 Å². The smallest absolute Gasteiger partial charge is 0.119 e. The molecule has 0 radical (unpaired) electrons. The summed E-state index contributed by atoms with van der Waals surface area (Å²) in [6.45, 7) is 4.62.